The van der Waals surface area contributed by atoms with Crippen molar-refractivity contribution < 1.29 is 23.1 Å². The van der Waals surface area contributed by atoms with Crippen molar-refractivity contribution in [2.75, 3.05) is 32.7 Å². The van der Waals surface area contributed by atoms with E-state index in [9.17, 15) is 18.3 Å². The number of nitrogens with one attached hydrogen (secondary N) is 1. The van der Waals surface area contributed by atoms with E-state index in [0.717, 1.165) is 29.5 Å². The number of benzene rings is 3. The molecular formula is C31H34N4O5S. The van der Waals surface area contributed by atoms with Crippen LogP contribution in [0.15, 0.2) is 96.2 Å². The highest BCUT2D eigenvalue weighted by molar-refractivity contribution is 7.89. The molecule has 10 heteroatoms. The zero-order chi connectivity index (χ0) is 28.7. The van der Waals surface area contributed by atoms with Gasteiger partial charge in [0.05, 0.1) is 4.90 Å². The van der Waals surface area contributed by atoms with Gasteiger partial charge in [-0.25, -0.2) is 17.9 Å². The largest absolute Gasteiger partial charge is 0.508 e. The summed E-state index contributed by atoms with van der Waals surface area (Å²) in [6.07, 6.45) is 4.07. The number of amides is 1. The quantitative estimate of drug-likeness (QED) is 0.309. The summed E-state index contributed by atoms with van der Waals surface area (Å²) in [5.74, 6) is 0.155. The summed E-state index contributed by atoms with van der Waals surface area (Å²) < 4.78 is 35.8. The highest BCUT2D eigenvalue weighted by Gasteiger charge is 2.26. The summed E-state index contributed by atoms with van der Waals surface area (Å²) in [6, 6.07) is 22.8. The van der Waals surface area contributed by atoms with Crippen LogP contribution in [-0.4, -0.2) is 73.2 Å². The fourth-order valence-corrected chi connectivity index (χ4v) is 6.59. The topological polar surface area (TPSA) is 112 Å². The summed E-state index contributed by atoms with van der Waals surface area (Å²) >= 11 is 0. The lowest BCUT2D eigenvalue weighted by Crippen LogP contribution is -2.46. The van der Waals surface area contributed by atoms with E-state index in [4.69, 9.17) is 4.74 Å². The fraction of sp³-hybridized carbons (Fsp3) is 0.290. The number of pyridine rings is 1. The lowest BCUT2D eigenvalue weighted by molar-refractivity contribution is 0.0972. The van der Waals surface area contributed by atoms with Gasteiger partial charge in [0.2, 0.25) is 10.0 Å². The second kappa shape index (κ2) is 13.1. The number of carbonyl (C=O) groups is 1. The Morgan fingerprint density at radius 2 is 1.73 bits per heavy atom. The molecule has 1 aliphatic rings. The van der Waals surface area contributed by atoms with Gasteiger partial charge in [0.25, 0.3) is 0 Å². The lowest BCUT2D eigenvalue weighted by Gasteiger charge is -2.27. The Bertz CT molecular complexity index is 1560. The van der Waals surface area contributed by atoms with E-state index in [0.29, 0.717) is 38.0 Å². The van der Waals surface area contributed by atoms with Crippen LogP contribution in [0.2, 0.25) is 0 Å². The number of hydrogen-bond acceptors (Lipinski definition) is 7. The molecule has 4 aromatic rings. The van der Waals surface area contributed by atoms with E-state index in [1.54, 1.807) is 59.8 Å². The summed E-state index contributed by atoms with van der Waals surface area (Å²) in [4.78, 5) is 21.0. The van der Waals surface area contributed by atoms with E-state index >= 15 is 0 Å². The third-order valence-corrected chi connectivity index (χ3v) is 8.78. The molecule has 1 atom stereocenters. The molecule has 0 saturated carbocycles. The van der Waals surface area contributed by atoms with Gasteiger partial charge in [-0.2, -0.15) is 0 Å². The monoisotopic (exact) mass is 574 g/mol. The van der Waals surface area contributed by atoms with E-state index in [1.165, 1.54) is 0 Å². The van der Waals surface area contributed by atoms with Crippen LogP contribution >= 0.6 is 0 Å². The van der Waals surface area contributed by atoms with Gasteiger partial charge in [-0.05, 0) is 54.8 Å². The number of nitrogens with zero attached hydrogens (tertiary/aromatic N) is 3. The smallest absolute Gasteiger partial charge is 0.410 e. The first-order valence-electron chi connectivity index (χ1n) is 13.7. The molecular weight excluding hydrogens is 540 g/mol. The van der Waals surface area contributed by atoms with Crippen LogP contribution in [0, 0.1) is 0 Å². The van der Waals surface area contributed by atoms with Crippen LogP contribution in [0.5, 0.6) is 5.75 Å². The van der Waals surface area contributed by atoms with E-state index < -0.39 is 16.1 Å². The molecule has 2 N–H and O–H groups in total. The zero-order valence-corrected chi connectivity index (χ0v) is 23.5. The third-order valence-electron chi connectivity index (χ3n) is 7.20. The number of aromatic nitrogens is 1. The first-order chi connectivity index (χ1) is 19.9. The van der Waals surface area contributed by atoms with Gasteiger partial charge in [0.1, 0.15) is 12.4 Å². The van der Waals surface area contributed by atoms with Gasteiger partial charge in [-0.15, -0.1) is 0 Å². The number of carbonyl (C=O) groups excluding carboxylic acids is 1. The molecule has 1 saturated heterocycles. The average Bonchev–Trinajstić information content (AvgIpc) is 3.22. The summed E-state index contributed by atoms with van der Waals surface area (Å²) in [7, 11) is -3.87. The average molecular weight is 575 g/mol. The van der Waals surface area contributed by atoms with Gasteiger partial charge in [-0.3, -0.25) is 9.88 Å². The van der Waals surface area contributed by atoms with Crippen molar-refractivity contribution in [3.8, 4) is 5.75 Å². The second-order valence-corrected chi connectivity index (χ2v) is 11.9. The Kier molecular flexibility index (Phi) is 9.13. The second-order valence-electron chi connectivity index (χ2n) is 10.2. The van der Waals surface area contributed by atoms with Crippen LogP contribution in [0.1, 0.15) is 17.5 Å². The third kappa shape index (κ3) is 7.60. The first-order valence-corrected chi connectivity index (χ1v) is 15.2. The number of phenols is 1. The van der Waals surface area contributed by atoms with Crippen molar-refractivity contribution in [3.05, 3.63) is 102 Å². The first kappa shape index (κ1) is 28.5. The predicted octanol–water partition coefficient (Wildman–Crippen LogP) is 4.17. The summed E-state index contributed by atoms with van der Waals surface area (Å²) in [6.45, 7) is 3.05. The minimum Gasteiger partial charge on any atom is -0.508 e. The maximum absolute atomic E-state index is 13.7. The molecule has 5 rings (SSSR count). The molecule has 2 heterocycles. The SMILES string of the molecule is O=C(OCc1ccccc1)N1CCCN(CC(Cc2ccc(O)cc2)NS(=O)(=O)c2cccc3cnccc23)CC1. The van der Waals surface area contributed by atoms with Gasteiger partial charge in [0.15, 0.2) is 0 Å². The molecule has 1 aliphatic heterocycles. The molecule has 1 unspecified atom stereocenters. The van der Waals surface area contributed by atoms with Crippen molar-refractivity contribution in [2.45, 2.75) is 30.4 Å². The van der Waals surface area contributed by atoms with Crippen LogP contribution in [0.25, 0.3) is 10.8 Å². The number of sulfonamides is 1. The highest BCUT2D eigenvalue weighted by atomic mass is 32.2. The Morgan fingerprint density at radius 3 is 2.54 bits per heavy atom. The van der Waals surface area contributed by atoms with Crippen molar-refractivity contribution in [1.29, 1.82) is 0 Å². The molecule has 0 aliphatic carbocycles. The van der Waals surface area contributed by atoms with Gasteiger partial charge in [0, 0.05) is 55.4 Å². The normalized spacial score (nSPS) is 15.4. The number of aromatic hydroxyl groups is 1. The van der Waals surface area contributed by atoms with Gasteiger partial charge >= 0.3 is 6.09 Å². The standard InChI is InChI=1S/C31H34N4O5S/c36-28-12-10-24(11-13-28)20-27(33-41(38,39)30-9-4-8-26-21-32-15-14-29(26)30)22-34-16-5-17-35(19-18-34)31(37)40-23-25-6-2-1-3-7-25/h1-4,6-15,21,27,33,36H,5,16-20,22-23H2. The molecule has 0 spiro atoms. The molecule has 1 aromatic heterocycles. The van der Waals surface area contributed by atoms with Crippen molar-refractivity contribution in [2.24, 2.45) is 0 Å². The number of hydrogen-bond donors (Lipinski definition) is 2. The molecule has 1 fully saturated rings. The van der Waals surface area contributed by atoms with Crippen molar-refractivity contribution in [3.63, 3.8) is 0 Å². The Balaban J connectivity index is 1.28. The Labute approximate surface area is 240 Å². The van der Waals surface area contributed by atoms with Crippen LogP contribution in [-0.2, 0) is 27.8 Å². The fourth-order valence-electron chi connectivity index (χ4n) is 5.13. The zero-order valence-electron chi connectivity index (χ0n) is 22.7. The van der Waals surface area contributed by atoms with Crippen molar-refractivity contribution in [1.82, 2.24) is 19.5 Å². The molecule has 9 nitrogen and oxygen atoms in total. The van der Waals surface area contributed by atoms with Gasteiger partial charge < -0.3 is 14.7 Å². The molecule has 214 valence electrons. The molecule has 0 radical (unpaired) electrons. The van der Waals surface area contributed by atoms with E-state index in [2.05, 4.69) is 14.6 Å². The summed E-state index contributed by atoms with van der Waals surface area (Å²) in [5.41, 5.74) is 1.84. The number of fused-ring (bicyclic) bond motifs is 1. The molecule has 1 amide bonds. The van der Waals surface area contributed by atoms with Crippen molar-refractivity contribution >= 4 is 26.9 Å². The van der Waals surface area contributed by atoms with Crippen LogP contribution in [0.4, 0.5) is 4.79 Å². The minimum atomic E-state index is -3.87. The maximum atomic E-state index is 13.7. The number of phenolic OH excluding ortho intramolecular Hbond substituents is 1. The number of ether oxygens (including phenoxy) is 1. The Morgan fingerprint density at radius 1 is 0.927 bits per heavy atom. The van der Waals surface area contributed by atoms with Crippen LogP contribution in [0.3, 0.4) is 0 Å². The molecule has 0 bridgehead atoms. The van der Waals surface area contributed by atoms with E-state index in [1.807, 2.05) is 36.4 Å². The maximum Gasteiger partial charge on any atom is 0.410 e. The molecule has 3 aromatic carbocycles. The van der Waals surface area contributed by atoms with Crippen LogP contribution < -0.4 is 4.72 Å². The lowest BCUT2D eigenvalue weighted by atomic mass is 10.1. The summed E-state index contributed by atoms with van der Waals surface area (Å²) in [5, 5.41) is 11.1. The molecule has 41 heavy (non-hydrogen) atoms. The highest BCUT2D eigenvalue weighted by Crippen LogP contribution is 2.23. The number of rotatable bonds is 9. The predicted molar refractivity (Wildman–Crippen MR) is 157 cm³/mol. The minimum absolute atomic E-state index is 0.155. The Hall–Kier alpha value is -3.99. The van der Waals surface area contributed by atoms with E-state index in [-0.39, 0.29) is 23.3 Å². The van der Waals surface area contributed by atoms with Gasteiger partial charge in [-0.1, -0.05) is 54.6 Å².